The van der Waals surface area contributed by atoms with Crippen molar-refractivity contribution < 1.29 is 14.3 Å². The fourth-order valence-electron chi connectivity index (χ4n) is 2.06. The largest absolute Gasteiger partial charge is 0.487 e. The molecule has 0 N–H and O–H groups in total. The molecule has 2 rings (SSSR count). The Morgan fingerprint density at radius 1 is 1.22 bits per heavy atom. The maximum Gasteiger partial charge on any atom is 0.310 e. The highest BCUT2D eigenvalue weighted by Crippen LogP contribution is 2.16. The van der Waals surface area contributed by atoms with Gasteiger partial charge in [0, 0.05) is 6.54 Å². The molecule has 0 aliphatic heterocycles. The third-order valence-corrected chi connectivity index (χ3v) is 3.08. The van der Waals surface area contributed by atoms with E-state index in [1.54, 1.807) is 10.9 Å². The molecule has 6 heteroatoms. The number of hydrogen-bond acceptors (Lipinski definition) is 5. The molecule has 0 unspecified atom stereocenters. The summed E-state index contributed by atoms with van der Waals surface area (Å²) in [6.45, 7) is 8.75. The van der Waals surface area contributed by atoms with Gasteiger partial charge in [0.25, 0.3) is 0 Å². The Labute approximate surface area is 136 Å². The predicted molar refractivity (Wildman–Crippen MR) is 86.0 cm³/mol. The van der Waals surface area contributed by atoms with Crippen LogP contribution in [0.4, 0.5) is 0 Å². The molecule has 6 nitrogen and oxygen atoms in total. The molecular formula is C17H23N3O3. The number of benzene rings is 1. The highest BCUT2D eigenvalue weighted by atomic mass is 16.6. The van der Waals surface area contributed by atoms with Gasteiger partial charge < -0.3 is 9.47 Å². The zero-order valence-corrected chi connectivity index (χ0v) is 14.1. The van der Waals surface area contributed by atoms with Crippen molar-refractivity contribution in [3.8, 4) is 5.75 Å². The Morgan fingerprint density at radius 3 is 2.52 bits per heavy atom. The van der Waals surface area contributed by atoms with Gasteiger partial charge in [-0.05, 0) is 45.4 Å². The highest BCUT2D eigenvalue weighted by molar-refractivity contribution is 5.73. The SMILES string of the molecule is CCn1nncc1COc1ccc(CC(=O)OC(C)(C)C)cc1. The molecule has 23 heavy (non-hydrogen) atoms. The Bertz CT molecular complexity index is 642. The molecule has 1 heterocycles. The average molecular weight is 317 g/mol. The second-order valence-electron chi connectivity index (χ2n) is 6.24. The van der Waals surface area contributed by atoms with Crippen molar-refractivity contribution in [2.75, 3.05) is 0 Å². The van der Waals surface area contributed by atoms with Crippen molar-refractivity contribution in [2.24, 2.45) is 0 Å². The quantitative estimate of drug-likeness (QED) is 0.766. The Balaban J connectivity index is 1.88. The lowest BCUT2D eigenvalue weighted by atomic mass is 10.1. The number of carbonyl (C=O) groups is 1. The molecule has 0 spiro atoms. The van der Waals surface area contributed by atoms with Crippen molar-refractivity contribution >= 4 is 5.97 Å². The average Bonchev–Trinajstić information content (AvgIpc) is 2.92. The molecule has 0 radical (unpaired) electrons. The van der Waals surface area contributed by atoms with Gasteiger partial charge in [0.2, 0.25) is 0 Å². The minimum atomic E-state index is -0.462. The first-order chi connectivity index (χ1) is 10.9. The Hall–Kier alpha value is -2.37. The molecule has 1 aromatic heterocycles. The Kier molecular flexibility index (Phi) is 5.36. The van der Waals surface area contributed by atoms with Crippen LogP contribution in [0.15, 0.2) is 30.5 Å². The summed E-state index contributed by atoms with van der Waals surface area (Å²) in [5.41, 5.74) is 1.35. The lowest BCUT2D eigenvalue weighted by molar-refractivity contribution is -0.153. The minimum Gasteiger partial charge on any atom is -0.487 e. The number of nitrogens with zero attached hydrogens (tertiary/aromatic N) is 3. The lowest BCUT2D eigenvalue weighted by Crippen LogP contribution is -2.24. The van der Waals surface area contributed by atoms with Crippen LogP contribution in [0.2, 0.25) is 0 Å². The first kappa shape index (κ1) is 17.0. The predicted octanol–water partition coefficient (Wildman–Crippen LogP) is 2.76. The van der Waals surface area contributed by atoms with Crippen LogP contribution in [0.25, 0.3) is 0 Å². The summed E-state index contributed by atoms with van der Waals surface area (Å²) in [4.78, 5) is 11.8. The molecule has 0 amide bonds. The number of hydrogen-bond donors (Lipinski definition) is 0. The number of aryl methyl sites for hydroxylation is 1. The molecule has 0 aliphatic carbocycles. The standard InChI is InChI=1S/C17H23N3O3/c1-5-20-14(11-18-19-20)12-22-15-8-6-13(7-9-15)10-16(21)23-17(2,3)4/h6-9,11H,5,10,12H2,1-4H3. The van der Waals surface area contributed by atoms with E-state index >= 15 is 0 Å². The Morgan fingerprint density at radius 2 is 1.91 bits per heavy atom. The van der Waals surface area contributed by atoms with Gasteiger partial charge in [0.05, 0.1) is 18.3 Å². The van der Waals surface area contributed by atoms with Crippen LogP contribution < -0.4 is 4.74 Å². The zero-order chi connectivity index (χ0) is 16.9. The van der Waals surface area contributed by atoms with Crippen LogP contribution in [0.3, 0.4) is 0 Å². The summed E-state index contributed by atoms with van der Waals surface area (Å²) in [7, 11) is 0. The van der Waals surface area contributed by atoms with Gasteiger partial charge in [0.15, 0.2) is 0 Å². The smallest absolute Gasteiger partial charge is 0.310 e. The summed E-state index contributed by atoms with van der Waals surface area (Å²) in [6.07, 6.45) is 1.95. The summed E-state index contributed by atoms with van der Waals surface area (Å²) in [6, 6.07) is 7.43. The van der Waals surface area contributed by atoms with Gasteiger partial charge >= 0.3 is 5.97 Å². The van der Waals surface area contributed by atoms with Crippen molar-refractivity contribution in [3.63, 3.8) is 0 Å². The molecule has 1 aromatic carbocycles. The fraction of sp³-hybridized carbons (Fsp3) is 0.471. The van der Waals surface area contributed by atoms with E-state index < -0.39 is 5.60 Å². The van der Waals surface area contributed by atoms with Crippen LogP contribution in [0.5, 0.6) is 5.75 Å². The first-order valence-corrected chi connectivity index (χ1v) is 7.68. The number of carbonyl (C=O) groups excluding carboxylic acids is 1. The molecule has 0 aliphatic rings. The van der Waals surface area contributed by atoms with Gasteiger partial charge in [-0.3, -0.25) is 4.79 Å². The van der Waals surface area contributed by atoms with Crippen molar-refractivity contribution in [1.29, 1.82) is 0 Å². The van der Waals surface area contributed by atoms with E-state index in [9.17, 15) is 4.79 Å². The fourth-order valence-corrected chi connectivity index (χ4v) is 2.06. The monoisotopic (exact) mass is 317 g/mol. The maximum absolute atomic E-state index is 11.8. The molecule has 0 atom stereocenters. The van der Waals surface area contributed by atoms with E-state index in [4.69, 9.17) is 9.47 Å². The molecule has 0 saturated carbocycles. The molecule has 124 valence electrons. The minimum absolute atomic E-state index is 0.232. The second kappa shape index (κ2) is 7.26. The van der Waals surface area contributed by atoms with Crippen LogP contribution in [0.1, 0.15) is 39.0 Å². The van der Waals surface area contributed by atoms with E-state index in [0.717, 1.165) is 23.6 Å². The van der Waals surface area contributed by atoms with Crippen LogP contribution in [0, 0.1) is 0 Å². The van der Waals surface area contributed by atoms with E-state index in [-0.39, 0.29) is 12.4 Å². The third-order valence-electron chi connectivity index (χ3n) is 3.08. The summed E-state index contributed by atoms with van der Waals surface area (Å²) < 4.78 is 12.8. The van der Waals surface area contributed by atoms with Gasteiger partial charge in [-0.25, -0.2) is 4.68 Å². The van der Waals surface area contributed by atoms with Crippen LogP contribution >= 0.6 is 0 Å². The van der Waals surface area contributed by atoms with E-state index in [0.29, 0.717) is 6.61 Å². The number of rotatable bonds is 6. The molecule has 0 saturated heterocycles. The molecule has 0 fully saturated rings. The number of esters is 1. The summed E-state index contributed by atoms with van der Waals surface area (Å²) in [5.74, 6) is 0.505. The molecule has 0 bridgehead atoms. The van der Waals surface area contributed by atoms with Crippen molar-refractivity contribution in [3.05, 3.63) is 41.7 Å². The number of aromatic nitrogens is 3. The van der Waals surface area contributed by atoms with Crippen LogP contribution in [-0.2, 0) is 29.1 Å². The van der Waals surface area contributed by atoms with Gasteiger partial charge in [-0.2, -0.15) is 0 Å². The van der Waals surface area contributed by atoms with Crippen molar-refractivity contribution in [2.45, 2.75) is 52.9 Å². The maximum atomic E-state index is 11.8. The third kappa shape index (κ3) is 5.39. The van der Waals surface area contributed by atoms with Gasteiger partial charge in [-0.1, -0.05) is 17.3 Å². The molecule has 2 aromatic rings. The summed E-state index contributed by atoms with van der Waals surface area (Å²) >= 11 is 0. The van der Waals surface area contributed by atoms with E-state index in [1.807, 2.05) is 52.0 Å². The normalized spacial score (nSPS) is 11.3. The second-order valence-corrected chi connectivity index (χ2v) is 6.24. The van der Waals surface area contributed by atoms with E-state index in [2.05, 4.69) is 10.3 Å². The lowest BCUT2D eigenvalue weighted by Gasteiger charge is -2.19. The highest BCUT2D eigenvalue weighted by Gasteiger charge is 2.16. The first-order valence-electron chi connectivity index (χ1n) is 7.68. The van der Waals surface area contributed by atoms with Crippen molar-refractivity contribution in [1.82, 2.24) is 15.0 Å². The topological polar surface area (TPSA) is 66.2 Å². The number of ether oxygens (including phenoxy) is 2. The molecular weight excluding hydrogens is 294 g/mol. The van der Waals surface area contributed by atoms with Crippen LogP contribution in [-0.4, -0.2) is 26.6 Å². The zero-order valence-electron chi connectivity index (χ0n) is 14.1. The van der Waals surface area contributed by atoms with Gasteiger partial charge in [-0.15, -0.1) is 5.10 Å². The van der Waals surface area contributed by atoms with E-state index in [1.165, 1.54) is 0 Å². The van der Waals surface area contributed by atoms with Gasteiger partial charge in [0.1, 0.15) is 18.0 Å². The summed E-state index contributed by atoms with van der Waals surface area (Å²) in [5, 5.41) is 7.82.